The zero-order valence-corrected chi connectivity index (χ0v) is 15.1. The largest absolute Gasteiger partial charge is 0.359 e. The van der Waals surface area contributed by atoms with E-state index in [-0.39, 0.29) is 11.9 Å². The highest BCUT2D eigenvalue weighted by atomic mass is 16.5. The summed E-state index contributed by atoms with van der Waals surface area (Å²) in [6.07, 6.45) is 1.50. The molecule has 1 aliphatic rings. The minimum atomic E-state index is 0.212. The van der Waals surface area contributed by atoms with Crippen molar-refractivity contribution in [3.63, 3.8) is 0 Å². The topological polar surface area (TPSA) is 82.8 Å². The number of rotatable bonds is 6. The van der Waals surface area contributed by atoms with Crippen LogP contribution in [-0.2, 0) is 11.3 Å². The first kappa shape index (κ1) is 18.3. The van der Waals surface area contributed by atoms with E-state index in [1.54, 1.807) is 0 Å². The number of hydrogen-bond donors (Lipinski definition) is 2. The molecule has 7 nitrogen and oxygen atoms in total. The molecule has 1 saturated heterocycles. The summed E-state index contributed by atoms with van der Waals surface area (Å²) in [7, 11) is 0. The van der Waals surface area contributed by atoms with Gasteiger partial charge in [0.15, 0.2) is 11.7 Å². The maximum atomic E-state index is 11.8. The fourth-order valence-corrected chi connectivity index (χ4v) is 2.67. The second kappa shape index (κ2) is 8.70. The molecule has 2 N–H and O–H groups in total. The predicted octanol–water partition coefficient (Wildman–Crippen LogP) is 1.86. The number of carbonyl (C=O) groups is 1. The van der Waals surface area contributed by atoms with Gasteiger partial charge in [0.2, 0.25) is 5.91 Å². The summed E-state index contributed by atoms with van der Waals surface area (Å²) in [6, 6.07) is 2.19. The van der Waals surface area contributed by atoms with Gasteiger partial charge in [-0.3, -0.25) is 4.79 Å². The second-order valence-electron chi connectivity index (χ2n) is 6.39. The highest BCUT2D eigenvalue weighted by molar-refractivity contribution is 5.80. The number of aliphatic imine (C=N–C) groups is 1. The molecule has 0 aliphatic carbocycles. The Morgan fingerprint density at radius 2 is 2.29 bits per heavy atom. The quantitative estimate of drug-likeness (QED) is 0.612. The lowest BCUT2D eigenvalue weighted by Gasteiger charge is -2.18. The minimum absolute atomic E-state index is 0.212. The van der Waals surface area contributed by atoms with E-state index in [9.17, 15) is 4.79 Å². The highest BCUT2D eigenvalue weighted by Crippen LogP contribution is 2.14. The average Bonchev–Trinajstić information content (AvgIpc) is 3.21. The van der Waals surface area contributed by atoms with Gasteiger partial charge >= 0.3 is 0 Å². The van der Waals surface area contributed by atoms with Crippen molar-refractivity contribution in [3.8, 4) is 0 Å². The Balaban J connectivity index is 1.92. The van der Waals surface area contributed by atoms with Crippen molar-refractivity contribution >= 4 is 11.9 Å². The molecule has 0 radical (unpaired) electrons. The molecule has 1 atom stereocenters. The van der Waals surface area contributed by atoms with Gasteiger partial charge in [0, 0.05) is 38.2 Å². The first-order valence-corrected chi connectivity index (χ1v) is 8.81. The molecule has 1 amide bonds. The van der Waals surface area contributed by atoms with Crippen LogP contribution in [-0.4, -0.2) is 47.6 Å². The molecule has 134 valence electrons. The maximum Gasteiger partial charge on any atom is 0.222 e. The lowest BCUT2D eigenvalue weighted by Crippen LogP contribution is -2.45. The van der Waals surface area contributed by atoms with E-state index in [1.807, 2.05) is 24.8 Å². The van der Waals surface area contributed by atoms with E-state index < -0.39 is 0 Å². The van der Waals surface area contributed by atoms with Crippen LogP contribution in [0.15, 0.2) is 15.6 Å². The summed E-state index contributed by atoms with van der Waals surface area (Å²) in [4.78, 5) is 18.2. The zero-order valence-electron chi connectivity index (χ0n) is 15.1. The monoisotopic (exact) mass is 335 g/mol. The van der Waals surface area contributed by atoms with E-state index in [1.165, 1.54) is 0 Å². The molecule has 7 heteroatoms. The average molecular weight is 335 g/mol. The van der Waals surface area contributed by atoms with Crippen LogP contribution in [0, 0.1) is 0 Å². The standard InChI is InChI=1S/C17H29N5O2/c1-5-16(23)22-8-7-13(11-22)20-17(18-6-2)19-10-14-9-15(12(3)4)21-24-14/h9,12-13H,5-8,10-11H2,1-4H3,(H2,18,19,20). The lowest BCUT2D eigenvalue weighted by atomic mass is 10.1. The molecule has 1 fully saturated rings. The summed E-state index contributed by atoms with van der Waals surface area (Å²) in [6.45, 7) is 10.9. The van der Waals surface area contributed by atoms with Gasteiger partial charge in [-0.25, -0.2) is 4.99 Å². The molecule has 1 aliphatic heterocycles. The van der Waals surface area contributed by atoms with Gasteiger partial charge in [-0.15, -0.1) is 0 Å². The zero-order chi connectivity index (χ0) is 17.5. The van der Waals surface area contributed by atoms with E-state index in [4.69, 9.17) is 4.52 Å². The summed E-state index contributed by atoms with van der Waals surface area (Å²) < 4.78 is 5.32. The van der Waals surface area contributed by atoms with Crippen LogP contribution < -0.4 is 10.6 Å². The molecular weight excluding hydrogens is 306 g/mol. The number of likely N-dealkylation sites (tertiary alicyclic amines) is 1. The molecular formula is C17H29N5O2. The Labute approximate surface area is 143 Å². The van der Waals surface area contributed by atoms with Gasteiger partial charge in [-0.1, -0.05) is 25.9 Å². The second-order valence-corrected chi connectivity index (χ2v) is 6.39. The van der Waals surface area contributed by atoms with Crippen molar-refractivity contribution < 1.29 is 9.32 Å². The summed E-state index contributed by atoms with van der Waals surface area (Å²) in [5.74, 6) is 2.06. The molecule has 1 unspecified atom stereocenters. The van der Waals surface area contributed by atoms with E-state index in [0.717, 1.165) is 43.5 Å². The van der Waals surface area contributed by atoms with Crippen LogP contribution in [0.2, 0.25) is 0 Å². The van der Waals surface area contributed by atoms with Gasteiger partial charge in [0.05, 0.1) is 5.69 Å². The van der Waals surface area contributed by atoms with Crippen LogP contribution >= 0.6 is 0 Å². The van der Waals surface area contributed by atoms with Crippen molar-refractivity contribution in [2.75, 3.05) is 19.6 Å². The third kappa shape index (κ3) is 4.97. The normalized spacial score (nSPS) is 18.3. The van der Waals surface area contributed by atoms with Gasteiger partial charge in [-0.2, -0.15) is 0 Å². The Hall–Kier alpha value is -2.05. The summed E-state index contributed by atoms with van der Waals surface area (Å²) in [5.41, 5.74) is 0.947. The first-order chi connectivity index (χ1) is 11.5. The van der Waals surface area contributed by atoms with Crippen LogP contribution in [0.1, 0.15) is 57.9 Å². The molecule has 0 saturated carbocycles. The van der Waals surface area contributed by atoms with E-state index in [2.05, 4.69) is 34.6 Å². The molecule has 0 spiro atoms. The number of hydrogen-bond acceptors (Lipinski definition) is 4. The van der Waals surface area contributed by atoms with Crippen LogP contribution in [0.4, 0.5) is 0 Å². The van der Waals surface area contributed by atoms with Crippen molar-refractivity contribution in [2.45, 2.75) is 59.0 Å². The van der Waals surface area contributed by atoms with Crippen molar-refractivity contribution in [1.29, 1.82) is 0 Å². The summed E-state index contributed by atoms with van der Waals surface area (Å²) in [5, 5.41) is 10.7. The first-order valence-electron chi connectivity index (χ1n) is 8.81. The third-order valence-corrected chi connectivity index (χ3v) is 4.09. The van der Waals surface area contributed by atoms with Gasteiger partial charge < -0.3 is 20.1 Å². The Morgan fingerprint density at radius 1 is 1.50 bits per heavy atom. The van der Waals surface area contributed by atoms with Crippen molar-refractivity contribution in [2.24, 2.45) is 4.99 Å². The number of amides is 1. The van der Waals surface area contributed by atoms with E-state index in [0.29, 0.717) is 18.9 Å². The number of nitrogens with zero attached hydrogens (tertiary/aromatic N) is 3. The van der Waals surface area contributed by atoms with Gasteiger partial charge in [0.25, 0.3) is 0 Å². The number of carbonyl (C=O) groups excluding carboxylic acids is 1. The third-order valence-electron chi connectivity index (χ3n) is 4.09. The van der Waals surface area contributed by atoms with Crippen LogP contribution in [0.25, 0.3) is 0 Å². The van der Waals surface area contributed by atoms with Gasteiger partial charge in [-0.05, 0) is 19.3 Å². The Morgan fingerprint density at radius 3 is 2.92 bits per heavy atom. The molecule has 1 aromatic rings. The highest BCUT2D eigenvalue weighted by Gasteiger charge is 2.25. The predicted molar refractivity (Wildman–Crippen MR) is 93.8 cm³/mol. The fourth-order valence-electron chi connectivity index (χ4n) is 2.67. The van der Waals surface area contributed by atoms with Crippen molar-refractivity contribution in [3.05, 3.63) is 17.5 Å². The molecule has 24 heavy (non-hydrogen) atoms. The van der Waals surface area contributed by atoms with Crippen LogP contribution in [0.3, 0.4) is 0 Å². The Bertz CT molecular complexity index is 567. The molecule has 0 aromatic carbocycles. The summed E-state index contributed by atoms with van der Waals surface area (Å²) >= 11 is 0. The lowest BCUT2D eigenvalue weighted by molar-refractivity contribution is -0.129. The molecule has 2 heterocycles. The smallest absolute Gasteiger partial charge is 0.222 e. The van der Waals surface area contributed by atoms with Crippen molar-refractivity contribution in [1.82, 2.24) is 20.7 Å². The SMILES string of the molecule is CCNC(=NCc1cc(C(C)C)no1)NC1CCN(C(=O)CC)C1. The number of aromatic nitrogens is 1. The molecule has 1 aromatic heterocycles. The Kier molecular flexibility index (Phi) is 6.63. The van der Waals surface area contributed by atoms with Gasteiger partial charge in [0.1, 0.15) is 6.54 Å². The number of nitrogens with one attached hydrogen (secondary N) is 2. The van der Waals surface area contributed by atoms with Crippen LogP contribution in [0.5, 0.6) is 0 Å². The number of guanidine groups is 1. The minimum Gasteiger partial charge on any atom is -0.359 e. The maximum absolute atomic E-state index is 11.8. The molecule has 0 bridgehead atoms. The fraction of sp³-hybridized carbons (Fsp3) is 0.706. The van der Waals surface area contributed by atoms with E-state index >= 15 is 0 Å². The molecule has 2 rings (SSSR count).